The molecule has 5 heterocycles. The molecular formula is C13H5NO2S2. The van der Waals surface area contributed by atoms with E-state index in [0.29, 0.717) is 11.4 Å². The fourth-order valence-corrected chi connectivity index (χ4v) is 3.97. The van der Waals surface area contributed by atoms with Gasteiger partial charge < -0.3 is 8.83 Å². The summed E-state index contributed by atoms with van der Waals surface area (Å²) < 4.78 is 13.7. The summed E-state index contributed by atoms with van der Waals surface area (Å²) in [5.74, 6) is 0. The molecule has 3 nitrogen and oxygen atoms in total. The monoisotopic (exact) mass is 271 g/mol. The number of furan rings is 2. The van der Waals surface area contributed by atoms with Crippen LogP contribution in [0.1, 0.15) is 0 Å². The molecule has 0 amide bonds. The molecular weight excluding hydrogens is 266 g/mol. The molecule has 86 valence electrons. The lowest BCUT2D eigenvalue weighted by molar-refractivity contribution is 0.632. The normalized spacial score (nSPS) is 12.4. The third kappa shape index (κ3) is 0.973. The molecule has 0 bridgehead atoms. The molecule has 0 aliphatic rings. The Morgan fingerprint density at radius 1 is 0.833 bits per heavy atom. The van der Waals surface area contributed by atoms with E-state index >= 15 is 0 Å². The standard InChI is InChI=1S/C13H5NO2S2/c1-3-17-10-6-5-7-11-9(2-4-18-11)16-13(7)14-12(6)15-8(1)10/h1-5H. The van der Waals surface area contributed by atoms with Crippen LogP contribution in [0.5, 0.6) is 0 Å². The second kappa shape index (κ2) is 2.93. The van der Waals surface area contributed by atoms with E-state index in [2.05, 4.69) is 11.1 Å². The SMILES string of the molecule is c1cc2oc3nc4oc5ccsc5c4cc3c2s1. The highest BCUT2D eigenvalue weighted by Gasteiger charge is 2.15. The lowest BCUT2D eigenvalue weighted by Crippen LogP contribution is -1.73. The summed E-state index contributed by atoms with van der Waals surface area (Å²) in [6.45, 7) is 0. The van der Waals surface area contributed by atoms with Crippen LogP contribution >= 0.6 is 22.7 Å². The molecule has 0 radical (unpaired) electrons. The van der Waals surface area contributed by atoms with Gasteiger partial charge in [0.2, 0.25) is 11.4 Å². The predicted octanol–water partition coefficient (Wildman–Crippen LogP) is 5.00. The predicted molar refractivity (Wildman–Crippen MR) is 74.5 cm³/mol. The first-order valence-corrected chi connectivity index (χ1v) is 7.22. The minimum atomic E-state index is 0.658. The van der Waals surface area contributed by atoms with Crippen LogP contribution in [0, 0.1) is 0 Å². The van der Waals surface area contributed by atoms with Crippen LogP contribution < -0.4 is 0 Å². The van der Waals surface area contributed by atoms with Gasteiger partial charge >= 0.3 is 0 Å². The number of hydrogen-bond donors (Lipinski definition) is 0. The topological polar surface area (TPSA) is 39.2 Å². The Kier molecular flexibility index (Phi) is 1.49. The van der Waals surface area contributed by atoms with Crippen molar-refractivity contribution in [3.05, 3.63) is 29.0 Å². The Labute approximate surface area is 108 Å². The summed E-state index contributed by atoms with van der Waals surface area (Å²) in [5, 5.41) is 6.22. The van der Waals surface area contributed by atoms with Gasteiger partial charge in [-0.15, -0.1) is 22.7 Å². The molecule has 0 spiro atoms. The van der Waals surface area contributed by atoms with Crippen molar-refractivity contribution in [3.63, 3.8) is 0 Å². The summed E-state index contributed by atoms with van der Waals surface area (Å²) >= 11 is 3.36. The zero-order valence-corrected chi connectivity index (χ0v) is 10.6. The van der Waals surface area contributed by atoms with Crippen molar-refractivity contribution in [3.8, 4) is 0 Å². The number of nitrogens with zero attached hydrogens (tertiary/aromatic N) is 1. The minimum absolute atomic E-state index is 0.658. The van der Waals surface area contributed by atoms with Crippen molar-refractivity contribution < 1.29 is 8.83 Å². The van der Waals surface area contributed by atoms with Gasteiger partial charge in [-0.05, 0) is 29.0 Å². The van der Waals surface area contributed by atoms with Crippen LogP contribution in [0.2, 0.25) is 0 Å². The highest BCUT2D eigenvalue weighted by atomic mass is 32.1. The molecule has 18 heavy (non-hydrogen) atoms. The molecule has 0 N–H and O–H groups in total. The first kappa shape index (κ1) is 9.13. The van der Waals surface area contributed by atoms with Gasteiger partial charge in [-0.1, -0.05) is 0 Å². The maximum absolute atomic E-state index is 5.72. The van der Waals surface area contributed by atoms with Gasteiger partial charge in [-0.25, -0.2) is 0 Å². The van der Waals surface area contributed by atoms with E-state index in [0.717, 1.165) is 31.3 Å². The Morgan fingerprint density at radius 2 is 1.39 bits per heavy atom. The molecule has 0 saturated heterocycles. The summed E-state index contributed by atoms with van der Waals surface area (Å²) in [4.78, 5) is 4.48. The van der Waals surface area contributed by atoms with E-state index in [4.69, 9.17) is 8.83 Å². The van der Waals surface area contributed by atoms with Gasteiger partial charge in [-0.3, -0.25) is 0 Å². The molecule has 5 aromatic heterocycles. The van der Waals surface area contributed by atoms with Gasteiger partial charge in [0.1, 0.15) is 11.2 Å². The molecule has 0 fully saturated rings. The van der Waals surface area contributed by atoms with Crippen molar-refractivity contribution >= 4 is 65.4 Å². The van der Waals surface area contributed by atoms with E-state index in [-0.39, 0.29) is 0 Å². The molecule has 5 aromatic rings. The van der Waals surface area contributed by atoms with Crippen molar-refractivity contribution in [1.29, 1.82) is 0 Å². The number of aromatic nitrogens is 1. The first-order valence-electron chi connectivity index (χ1n) is 5.46. The summed E-state index contributed by atoms with van der Waals surface area (Å²) in [6.07, 6.45) is 0. The van der Waals surface area contributed by atoms with E-state index in [1.54, 1.807) is 22.7 Å². The van der Waals surface area contributed by atoms with E-state index in [1.807, 2.05) is 22.9 Å². The first-order chi connectivity index (χ1) is 8.90. The zero-order chi connectivity index (χ0) is 11.7. The Hall–Kier alpha value is -1.85. The van der Waals surface area contributed by atoms with Crippen molar-refractivity contribution in [2.24, 2.45) is 0 Å². The molecule has 5 rings (SSSR count). The molecule has 0 aliphatic carbocycles. The quantitative estimate of drug-likeness (QED) is 0.397. The van der Waals surface area contributed by atoms with Gasteiger partial charge in [0.05, 0.1) is 20.2 Å². The average Bonchev–Trinajstić information content (AvgIpc) is 3.04. The van der Waals surface area contributed by atoms with Crippen molar-refractivity contribution in [2.45, 2.75) is 0 Å². The Balaban J connectivity index is 2.11. The Bertz CT molecular complexity index is 951. The number of fused-ring (bicyclic) bond motifs is 6. The highest BCUT2D eigenvalue weighted by molar-refractivity contribution is 7.18. The van der Waals surface area contributed by atoms with Gasteiger partial charge in [-0.2, -0.15) is 4.98 Å². The maximum Gasteiger partial charge on any atom is 0.231 e. The van der Waals surface area contributed by atoms with Gasteiger partial charge in [0, 0.05) is 0 Å². The zero-order valence-electron chi connectivity index (χ0n) is 8.97. The maximum atomic E-state index is 5.72. The van der Waals surface area contributed by atoms with E-state index in [9.17, 15) is 0 Å². The number of pyridine rings is 1. The van der Waals surface area contributed by atoms with E-state index in [1.165, 1.54) is 0 Å². The number of hydrogen-bond acceptors (Lipinski definition) is 5. The second-order valence-electron chi connectivity index (χ2n) is 4.13. The van der Waals surface area contributed by atoms with Crippen LogP contribution in [0.15, 0.2) is 37.8 Å². The van der Waals surface area contributed by atoms with Gasteiger partial charge in [0.25, 0.3) is 0 Å². The number of thiophene rings is 2. The average molecular weight is 271 g/mol. The smallest absolute Gasteiger partial charge is 0.231 e. The van der Waals surface area contributed by atoms with Crippen LogP contribution in [0.25, 0.3) is 42.8 Å². The molecule has 0 unspecified atom stereocenters. The van der Waals surface area contributed by atoms with Crippen molar-refractivity contribution in [1.82, 2.24) is 4.98 Å². The van der Waals surface area contributed by atoms with Crippen LogP contribution in [0.3, 0.4) is 0 Å². The summed E-state index contributed by atoms with van der Waals surface area (Å²) in [6, 6.07) is 6.08. The van der Waals surface area contributed by atoms with Crippen LogP contribution in [-0.2, 0) is 0 Å². The summed E-state index contributed by atoms with van der Waals surface area (Å²) in [7, 11) is 0. The fourth-order valence-electron chi connectivity index (χ4n) is 2.32. The van der Waals surface area contributed by atoms with Crippen molar-refractivity contribution in [2.75, 3.05) is 0 Å². The molecule has 0 saturated carbocycles. The van der Waals surface area contributed by atoms with Crippen LogP contribution in [0.4, 0.5) is 0 Å². The largest absolute Gasteiger partial charge is 0.437 e. The summed E-state index contributed by atoms with van der Waals surface area (Å²) in [5.41, 5.74) is 3.12. The third-order valence-electron chi connectivity index (χ3n) is 3.11. The lowest BCUT2D eigenvalue weighted by atomic mass is 10.2. The second-order valence-corrected chi connectivity index (χ2v) is 5.96. The van der Waals surface area contributed by atoms with Crippen LogP contribution in [-0.4, -0.2) is 4.98 Å². The van der Waals surface area contributed by atoms with Gasteiger partial charge in [0.15, 0.2) is 0 Å². The van der Waals surface area contributed by atoms with E-state index < -0.39 is 0 Å². The Morgan fingerprint density at radius 3 is 1.94 bits per heavy atom. The molecule has 0 aromatic carbocycles. The molecule has 0 aliphatic heterocycles. The molecule has 5 heteroatoms. The number of rotatable bonds is 0. The lowest BCUT2D eigenvalue weighted by Gasteiger charge is -1.88. The molecule has 0 atom stereocenters. The highest BCUT2D eigenvalue weighted by Crippen LogP contribution is 2.38. The third-order valence-corrected chi connectivity index (χ3v) is 4.97. The fraction of sp³-hybridized carbons (Fsp3) is 0. The minimum Gasteiger partial charge on any atom is -0.437 e.